The summed E-state index contributed by atoms with van der Waals surface area (Å²) in [4.78, 5) is 18.3. The van der Waals surface area contributed by atoms with Gasteiger partial charge in [0.2, 0.25) is 0 Å². The first-order chi connectivity index (χ1) is 10.4. The van der Waals surface area contributed by atoms with Crippen LogP contribution < -0.4 is 0 Å². The molecule has 0 atom stereocenters. The molecule has 5 nitrogen and oxygen atoms in total. The fraction of sp³-hybridized carbons (Fsp3) is 0.333. The zero-order valence-corrected chi connectivity index (χ0v) is 13.9. The van der Waals surface area contributed by atoms with Crippen LogP contribution >= 0.6 is 11.3 Å². The van der Waals surface area contributed by atoms with Crippen molar-refractivity contribution in [3.8, 4) is 11.3 Å². The van der Waals surface area contributed by atoms with E-state index in [2.05, 4.69) is 4.98 Å². The van der Waals surface area contributed by atoms with Crippen LogP contribution in [0.25, 0.3) is 11.3 Å². The smallest absolute Gasteiger partial charge is 0.253 e. The molecule has 22 heavy (non-hydrogen) atoms. The lowest BCUT2D eigenvalue weighted by Crippen LogP contribution is -2.53. The summed E-state index contributed by atoms with van der Waals surface area (Å²) in [5.41, 5.74) is 2.43. The predicted octanol–water partition coefficient (Wildman–Crippen LogP) is 1.99. The number of hydrogen-bond acceptors (Lipinski definition) is 5. The van der Waals surface area contributed by atoms with Crippen molar-refractivity contribution in [3.05, 3.63) is 40.2 Å². The molecular formula is C15H16N2O3S2. The molecule has 0 unspecified atom stereocenters. The second-order valence-electron chi connectivity index (χ2n) is 5.48. The topological polar surface area (TPSA) is 67.3 Å². The third-order valence-corrected chi connectivity index (χ3v) is 6.37. The quantitative estimate of drug-likeness (QED) is 0.860. The van der Waals surface area contributed by atoms with Crippen molar-refractivity contribution in [1.82, 2.24) is 9.88 Å². The molecule has 1 saturated heterocycles. The Labute approximate surface area is 133 Å². The Bertz CT molecular complexity index is 798. The van der Waals surface area contributed by atoms with E-state index in [4.69, 9.17) is 0 Å². The molecule has 1 amide bonds. The first-order valence-corrected chi connectivity index (χ1v) is 9.56. The van der Waals surface area contributed by atoms with Crippen molar-refractivity contribution in [2.45, 2.75) is 13.0 Å². The third kappa shape index (κ3) is 2.91. The van der Waals surface area contributed by atoms with E-state index in [-0.39, 0.29) is 23.5 Å². The molecule has 3 rings (SSSR count). The standard InChI is InChI=1S/C15H16N2O3S2/c1-10-16-14(7-21-10)11-3-5-12(6-4-11)15(18)17(2)13-8-22(19,20)9-13/h3-7,13H,8-9H2,1-2H3. The summed E-state index contributed by atoms with van der Waals surface area (Å²) < 4.78 is 22.4. The fourth-order valence-electron chi connectivity index (χ4n) is 2.41. The fourth-order valence-corrected chi connectivity index (χ4v) is 4.55. The van der Waals surface area contributed by atoms with Gasteiger partial charge in [0.1, 0.15) is 0 Å². The second-order valence-corrected chi connectivity index (χ2v) is 8.69. The van der Waals surface area contributed by atoms with Gasteiger partial charge in [-0.25, -0.2) is 13.4 Å². The van der Waals surface area contributed by atoms with Crippen LogP contribution in [0.1, 0.15) is 15.4 Å². The number of amides is 1. The van der Waals surface area contributed by atoms with Gasteiger partial charge in [-0.2, -0.15) is 0 Å². The number of carbonyl (C=O) groups excluding carboxylic acids is 1. The average Bonchev–Trinajstić information content (AvgIpc) is 2.90. The first kappa shape index (κ1) is 15.2. The second kappa shape index (κ2) is 5.48. The Balaban J connectivity index is 1.74. The summed E-state index contributed by atoms with van der Waals surface area (Å²) in [5.74, 6) is -0.0301. The molecule has 1 aromatic heterocycles. The average molecular weight is 336 g/mol. The Morgan fingerprint density at radius 3 is 2.41 bits per heavy atom. The van der Waals surface area contributed by atoms with Crippen LogP contribution in [0.4, 0.5) is 0 Å². The van der Waals surface area contributed by atoms with Crippen molar-refractivity contribution in [2.75, 3.05) is 18.6 Å². The van der Waals surface area contributed by atoms with Crippen LogP contribution in [0.2, 0.25) is 0 Å². The van der Waals surface area contributed by atoms with Crippen LogP contribution in [0, 0.1) is 6.92 Å². The SMILES string of the molecule is Cc1nc(-c2ccc(C(=O)N(C)C3CS(=O)(=O)C3)cc2)cs1. The largest absolute Gasteiger partial charge is 0.337 e. The molecule has 0 aliphatic carbocycles. The van der Waals surface area contributed by atoms with E-state index < -0.39 is 9.84 Å². The Kier molecular flexibility index (Phi) is 3.78. The van der Waals surface area contributed by atoms with Crippen molar-refractivity contribution >= 4 is 27.1 Å². The van der Waals surface area contributed by atoms with Crippen molar-refractivity contribution in [2.24, 2.45) is 0 Å². The van der Waals surface area contributed by atoms with Crippen molar-refractivity contribution in [1.29, 1.82) is 0 Å². The highest BCUT2D eigenvalue weighted by Gasteiger charge is 2.38. The van der Waals surface area contributed by atoms with Gasteiger partial charge in [0.25, 0.3) is 5.91 Å². The molecule has 0 saturated carbocycles. The number of nitrogens with zero attached hydrogens (tertiary/aromatic N) is 2. The van der Waals surface area contributed by atoms with Gasteiger partial charge in [-0.1, -0.05) is 12.1 Å². The number of aromatic nitrogens is 1. The van der Waals surface area contributed by atoms with Crippen LogP contribution in [0.5, 0.6) is 0 Å². The monoisotopic (exact) mass is 336 g/mol. The van der Waals surface area contributed by atoms with Gasteiger partial charge in [0, 0.05) is 23.6 Å². The number of carbonyl (C=O) groups is 1. The van der Waals surface area contributed by atoms with Gasteiger partial charge >= 0.3 is 0 Å². The number of hydrogen-bond donors (Lipinski definition) is 0. The molecular weight excluding hydrogens is 320 g/mol. The lowest BCUT2D eigenvalue weighted by Gasteiger charge is -2.34. The summed E-state index contributed by atoms with van der Waals surface area (Å²) in [6.07, 6.45) is 0. The Morgan fingerprint density at radius 2 is 1.91 bits per heavy atom. The van der Waals surface area contributed by atoms with Crippen LogP contribution in [0.15, 0.2) is 29.6 Å². The minimum Gasteiger partial charge on any atom is -0.337 e. The van der Waals surface area contributed by atoms with Gasteiger partial charge in [-0.05, 0) is 19.1 Å². The molecule has 0 spiro atoms. The van der Waals surface area contributed by atoms with Crippen molar-refractivity contribution in [3.63, 3.8) is 0 Å². The summed E-state index contributed by atoms with van der Waals surface area (Å²) in [6.45, 7) is 1.95. The van der Waals surface area contributed by atoms with Gasteiger partial charge in [0.15, 0.2) is 9.84 Å². The maximum absolute atomic E-state index is 12.4. The Morgan fingerprint density at radius 1 is 1.27 bits per heavy atom. The number of benzene rings is 1. The van der Waals surface area contributed by atoms with Gasteiger partial charge in [-0.15, -0.1) is 11.3 Å². The van der Waals surface area contributed by atoms with E-state index in [1.807, 2.05) is 24.4 Å². The van der Waals surface area contributed by atoms with Gasteiger partial charge in [-0.3, -0.25) is 4.79 Å². The first-order valence-electron chi connectivity index (χ1n) is 6.86. The maximum Gasteiger partial charge on any atom is 0.253 e. The summed E-state index contributed by atoms with van der Waals surface area (Å²) >= 11 is 1.59. The summed E-state index contributed by atoms with van der Waals surface area (Å²) in [6, 6.07) is 7.05. The molecule has 2 aromatic rings. The highest BCUT2D eigenvalue weighted by molar-refractivity contribution is 7.92. The molecule has 1 aromatic carbocycles. The third-order valence-electron chi connectivity index (χ3n) is 3.81. The minimum absolute atomic E-state index is 0.0609. The molecule has 0 radical (unpaired) electrons. The number of rotatable bonds is 3. The highest BCUT2D eigenvalue weighted by atomic mass is 32.2. The molecule has 0 N–H and O–H groups in total. The van der Waals surface area contributed by atoms with Crippen molar-refractivity contribution < 1.29 is 13.2 Å². The number of sulfone groups is 1. The van der Waals surface area contributed by atoms with Crippen LogP contribution in [-0.2, 0) is 9.84 Å². The van der Waals surface area contributed by atoms with Gasteiger partial charge in [0.05, 0.1) is 28.2 Å². The number of thiazole rings is 1. The lowest BCUT2D eigenvalue weighted by atomic mass is 10.1. The molecule has 116 valence electrons. The zero-order chi connectivity index (χ0) is 15.9. The van der Waals surface area contributed by atoms with Gasteiger partial charge < -0.3 is 4.90 Å². The predicted molar refractivity (Wildman–Crippen MR) is 86.8 cm³/mol. The Hall–Kier alpha value is -1.73. The van der Waals surface area contributed by atoms with Crippen LogP contribution in [0.3, 0.4) is 0 Å². The normalized spacial score (nSPS) is 17.0. The molecule has 1 aliphatic rings. The highest BCUT2D eigenvalue weighted by Crippen LogP contribution is 2.23. The molecule has 7 heteroatoms. The molecule has 1 aliphatic heterocycles. The maximum atomic E-state index is 12.4. The van der Waals surface area contributed by atoms with Crippen LogP contribution in [-0.4, -0.2) is 48.8 Å². The van der Waals surface area contributed by atoms with E-state index in [1.165, 1.54) is 4.90 Å². The summed E-state index contributed by atoms with van der Waals surface area (Å²) in [7, 11) is -1.28. The lowest BCUT2D eigenvalue weighted by molar-refractivity contribution is 0.0750. The molecule has 0 bridgehead atoms. The summed E-state index contributed by atoms with van der Waals surface area (Å²) in [5, 5.41) is 2.98. The van der Waals surface area contributed by atoms with E-state index >= 15 is 0 Å². The molecule has 1 fully saturated rings. The van der Waals surface area contributed by atoms with E-state index in [0.29, 0.717) is 5.56 Å². The van der Waals surface area contributed by atoms with E-state index in [9.17, 15) is 13.2 Å². The number of aryl methyl sites for hydroxylation is 1. The minimum atomic E-state index is -2.93. The zero-order valence-electron chi connectivity index (χ0n) is 12.3. The van der Waals surface area contributed by atoms with E-state index in [1.54, 1.807) is 30.5 Å². The molecule has 2 heterocycles. The van der Waals surface area contributed by atoms with E-state index in [0.717, 1.165) is 16.3 Å².